The minimum Gasteiger partial charge on any atom is -0.450 e. The van der Waals surface area contributed by atoms with Gasteiger partial charge in [0.1, 0.15) is 0 Å². The molecule has 4 heteroatoms. The second-order valence-corrected chi connectivity index (χ2v) is 5.23. The van der Waals surface area contributed by atoms with Gasteiger partial charge >= 0.3 is 0 Å². The van der Waals surface area contributed by atoms with Crippen molar-refractivity contribution in [1.82, 2.24) is 4.90 Å². The smallest absolute Gasteiger partial charge is 0.218 e. The summed E-state index contributed by atoms with van der Waals surface area (Å²) in [4.78, 5) is 14.7. The third-order valence-electron chi connectivity index (χ3n) is 4.17. The van der Waals surface area contributed by atoms with Crippen molar-refractivity contribution >= 4 is 16.8 Å². The molecule has 0 radical (unpaired) electrons. The van der Waals surface area contributed by atoms with Gasteiger partial charge in [-0.3, -0.25) is 9.69 Å². The first-order chi connectivity index (χ1) is 9.46. The number of benzene rings is 1. The number of furan rings is 1. The summed E-state index contributed by atoms with van der Waals surface area (Å²) < 4.78 is 19.1. The SMILES string of the molecule is CCC(CC)(C(=O)c1cc2cccc(F)c2o1)N(C)C. The Morgan fingerprint density at radius 3 is 2.45 bits per heavy atom. The van der Waals surface area contributed by atoms with Gasteiger partial charge in [-0.25, -0.2) is 4.39 Å². The van der Waals surface area contributed by atoms with Gasteiger partial charge in [0.15, 0.2) is 17.2 Å². The Hall–Kier alpha value is -1.68. The number of carbonyl (C=O) groups is 1. The van der Waals surface area contributed by atoms with Crippen LogP contribution in [0.1, 0.15) is 37.2 Å². The van der Waals surface area contributed by atoms with Crippen LogP contribution in [0.15, 0.2) is 28.7 Å². The normalized spacial score (nSPS) is 12.3. The summed E-state index contributed by atoms with van der Waals surface area (Å²) in [5.41, 5.74) is -0.458. The molecule has 0 N–H and O–H groups in total. The highest BCUT2D eigenvalue weighted by molar-refractivity contribution is 6.03. The summed E-state index contributed by atoms with van der Waals surface area (Å²) in [7, 11) is 3.77. The van der Waals surface area contributed by atoms with Gasteiger partial charge in [0.05, 0.1) is 5.54 Å². The summed E-state index contributed by atoms with van der Waals surface area (Å²) in [5.74, 6) is -0.310. The number of Topliss-reactive ketones (excluding diaryl/α,β-unsaturated/α-hetero) is 1. The maximum atomic E-state index is 13.7. The average Bonchev–Trinajstić information content (AvgIpc) is 2.85. The molecule has 0 fully saturated rings. The molecule has 0 spiro atoms. The molecule has 20 heavy (non-hydrogen) atoms. The van der Waals surface area contributed by atoms with E-state index in [0.717, 1.165) is 0 Å². The van der Waals surface area contributed by atoms with Gasteiger partial charge in [0.25, 0.3) is 0 Å². The summed E-state index contributed by atoms with van der Waals surface area (Å²) in [6.07, 6.45) is 1.35. The van der Waals surface area contributed by atoms with Gasteiger partial charge in [-0.2, -0.15) is 0 Å². The number of halogens is 1. The topological polar surface area (TPSA) is 33.5 Å². The second kappa shape index (κ2) is 5.37. The van der Waals surface area contributed by atoms with Gasteiger partial charge in [0, 0.05) is 5.39 Å². The van der Waals surface area contributed by atoms with E-state index in [2.05, 4.69) is 0 Å². The first-order valence-electron chi connectivity index (χ1n) is 6.86. The van der Waals surface area contributed by atoms with E-state index in [9.17, 15) is 9.18 Å². The van der Waals surface area contributed by atoms with Crippen LogP contribution in [-0.4, -0.2) is 30.3 Å². The summed E-state index contributed by atoms with van der Waals surface area (Å²) in [6, 6.07) is 6.32. The molecule has 1 heterocycles. The predicted molar refractivity (Wildman–Crippen MR) is 77.5 cm³/mol. The van der Waals surface area contributed by atoms with Crippen LogP contribution in [0, 0.1) is 5.82 Å². The molecule has 108 valence electrons. The number of para-hydroxylation sites is 1. The Kier molecular flexibility index (Phi) is 3.95. The highest BCUT2D eigenvalue weighted by Gasteiger charge is 2.39. The van der Waals surface area contributed by atoms with Crippen LogP contribution in [0.5, 0.6) is 0 Å². The van der Waals surface area contributed by atoms with E-state index in [0.29, 0.717) is 18.2 Å². The Labute approximate surface area is 118 Å². The van der Waals surface area contributed by atoms with E-state index in [4.69, 9.17) is 4.42 Å². The molecule has 3 nitrogen and oxygen atoms in total. The first-order valence-corrected chi connectivity index (χ1v) is 6.86. The molecule has 1 aromatic carbocycles. The minimum absolute atomic E-state index is 0.0944. The van der Waals surface area contributed by atoms with Crippen molar-refractivity contribution in [2.45, 2.75) is 32.2 Å². The molecule has 0 unspecified atom stereocenters. The lowest BCUT2D eigenvalue weighted by Crippen LogP contribution is -2.50. The number of hydrogen-bond donors (Lipinski definition) is 0. The van der Waals surface area contributed by atoms with Crippen molar-refractivity contribution in [3.63, 3.8) is 0 Å². The van der Waals surface area contributed by atoms with Crippen molar-refractivity contribution in [3.05, 3.63) is 35.8 Å². The monoisotopic (exact) mass is 277 g/mol. The molecule has 2 aromatic rings. The zero-order chi connectivity index (χ0) is 14.9. The van der Waals surface area contributed by atoms with Gasteiger partial charge in [-0.05, 0) is 39.1 Å². The van der Waals surface area contributed by atoms with Crippen LogP contribution in [0.2, 0.25) is 0 Å². The van der Waals surface area contributed by atoms with Crippen LogP contribution in [0.3, 0.4) is 0 Å². The predicted octanol–water partition coefficient (Wildman–Crippen LogP) is 3.88. The molecule has 2 rings (SSSR count). The molecule has 1 aromatic heterocycles. The Bertz CT molecular complexity index is 626. The van der Waals surface area contributed by atoms with E-state index in [1.165, 1.54) is 6.07 Å². The van der Waals surface area contributed by atoms with Crippen molar-refractivity contribution < 1.29 is 13.6 Å². The highest BCUT2D eigenvalue weighted by atomic mass is 19.1. The number of ketones is 1. The van der Waals surface area contributed by atoms with Crippen molar-refractivity contribution in [1.29, 1.82) is 0 Å². The molecule has 0 aliphatic rings. The zero-order valence-corrected chi connectivity index (χ0v) is 12.4. The summed E-state index contributed by atoms with van der Waals surface area (Å²) in [6.45, 7) is 3.95. The Morgan fingerprint density at radius 1 is 1.30 bits per heavy atom. The van der Waals surface area contributed by atoms with Crippen molar-refractivity contribution in [3.8, 4) is 0 Å². The molecule has 0 amide bonds. The number of likely N-dealkylation sites (N-methyl/N-ethyl adjacent to an activating group) is 1. The minimum atomic E-state index is -0.607. The first kappa shape index (κ1) is 14.7. The molecular weight excluding hydrogens is 257 g/mol. The third kappa shape index (κ3) is 2.14. The number of fused-ring (bicyclic) bond motifs is 1. The largest absolute Gasteiger partial charge is 0.450 e. The Balaban J connectivity index is 2.52. The van der Waals surface area contributed by atoms with Crippen molar-refractivity contribution in [2.24, 2.45) is 0 Å². The quantitative estimate of drug-likeness (QED) is 0.778. The van der Waals surface area contributed by atoms with Crippen LogP contribution in [-0.2, 0) is 0 Å². The second-order valence-electron chi connectivity index (χ2n) is 5.23. The number of rotatable bonds is 5. The highest BCUT2D eigenvalue weighted by Crippen LogP contribution is 2.30. The molecule has 0 aliphatic heterocycles. The molecule has 0 saturated heterocycles. The lowest BCUT2D eigenvalue weighted by molar-refractivity contribution is 0.0628. The van der Waals surface area contributed by atoms with E-state index < -0.39 is 11.4 Å². The van der Waals surface area contributed by atoms with E-state index in [-0.39, 0.29) is 17.1 Å². The number of nitrogens with zero attached hydrogens (tertiary/aromatic N) is 1. The van der Waals surface area contributed by atoms with E-state index in [1.54, 1.807) is 18.2 Å². The fraction of sp³-hybridized carbons (Fsp3) is 0.438. The molecule has 0 atom stereocenters. The number of carbonyl (C=O) groups excluding carboxylic acids is 1. The fourth-order valence-electron chi connectivity index (χ4n) is 2.78. The Morgan fingerprint density at radius 2 is 1.95 bits per heavy atom. The fourth-order valence-corrected chi connectivity index (χ4v) is 2.78. The van der Waals surface area contributed by atoms with Gasteiger partial charge < -0.3 is 4.42 Å². The number of hydrogen-bond acceptors (Lipinski definition) is 3. The van der Waals surface area contributed by atoms with Crippen LogP contribution >= 0.6 is 0 Å². The maximum Gasteiger partial charge on any atom is 0.218 e. The van der Waals surface area contributed by atoms with Crippen LogP contribution < -0.4 is 0 Å². The lowest BCUT2D eigenvalue weighted by Gasteiger charge is -2.36. The molecule has 0 saturated carbocycles. The van der Waals surface area contributed by atoms with Crippen LogP contribution in [0.25, 0.3) is 11.0 Å². The van der Waals surface area contributed by atoms with Crippen LogP contribution in [0.4, 0.5) is 4.39 Å². The summed E-state index contributed by atoms with van der Waals surface area (Å²) >= 11 is 0. The molecule has 0 bridgehead atoms. The van der Waals surface area contributed by atoms with Crippen molar-refractivity contribution in [2.75, 3.05) is 14.1 Å². The van der Waals surface area contributed by atoms with Gasteiger partial charge in [-0.1, -0.05) is 26.0 Å². The van der Waals surface area contributed by atoms with E-state index >= 15 is 0 Å². The molecule has 0 aliphatic carbocycles. The average molecular weight is 277 g/mol. The third-order valence-corrected chi connectivity index (χ3v) is 4.17. The standard InChI is InChI=1S/C16H20FNO2/c1-5-16(6-2,18(3)4)15(19)13-10-11-8-7-9-12(17)14(11)20-13/h7-10H,5-6H2,1-4H3. The molecular formula is C16H20FNO2. The summed E-state index contributed by atoms with van der Waals surface area (Å²) in [5, 5.41) is 0.619. The van der Waals surface area contributed by atoms with Gasteiger partial charge in [-0.15, -0.1) is 0 Å². The lowest BCUT2D eigenvalue weighted by atomic mass is 9.85. The zero-order valence-electron chi connectivity index (χ0n) is 12.4. The maximum absolute atomic E-state index is 13.7. The van der Waals surface area contributed by atoms with E-state index in [1.807, 2.05) is 32.8 Å². The van der Waals surface area contributed by atoms with Gasteiger partial charge in [0.2, 0.25) is 5.78 Å².